The van der Waals surface area contributed by atoms with Gasteiger partial charge in [0.2, 0.25) is 0 Å². The Morgan fingerprint density at radius 2 is 2.11 bits per heavy atom. The highest BCUT2D eigenvalue weighted by Gasteiger charge is 2.15. The maximum absolute atomic E-state index is 6.00. The summed E-state index contributed by atoms with van der Waals surface area (Å²) in [6, 6.07) is 8.22. The summed E-state index contributed by atoms with van der Waals surface area (Å²) in [4.78, 5) is 6.48. The summed E-state index contributed by atoms with van der Waals surface area (Å²) in [5, 5.41) is 7.50. The predicted octanol–water partition coefficient (Wildman–Crippen LogP) is 2.69. The molecule has 2 atom stereocenters. The number of aliphatic imine (C=N–C) groups is 1. The van der Waals surface area contributed by atoms with Gasteiger partial charge in [-0.25, -0.2) is 0 Å². The Balaban J connectivity index is 1.66. The van der Waals surface area contributed by atoms with Gasteiger partial charge < -0.3 is 25.0 Å². The molecule has 0 aromatic heterocycles. The molecule has 0 aliphatic carbocycles. The molecule has 1 aliphatic rings. The van der Waals surface area contributed by atoms with Crippen LogP contribution in [0.5, 0.6) is 0 Å². The molecule has 1 aliphatic heterocycles. The average Bonchev–Trinajstić information content (AvgIpc) is 3.17. The fraction of sp³-hybridized carbons (Fsp3) is 0.650. The number of hydrogen-bond donors (Lipinski definition) is 2. The van der Waals surface area contributed by atoms with Crippen LogP contribution in [0.1, 0.15) is 30.9 Å². The first-order chi connectivity index (χ1) is 13.1. The van der Waals surface area contributed by atoms with E-state index < -0.39 is 0 Å². The van der Waals surface area contributed by atoms with Gasteiger partial charge in [-0.2, -0.15) is 0 Å². The van der Waals surface area contributed by atoms with Gasteiger partial charge in [-0.3, -0.25) is 4.99 Å². The van der Waals surface area contributed by atoms with Crippen molar-refractivity contribution in [3.8, 4) is 0 Å². The second kappa shape index (κ2) is 12.2. The van der Waals surface area contributed by atoms with Crippen LogP contribution in [0.25, 0.3) is 0 Å². The zero-order chi connectivity index (χ0) is 19.5. The molecular formula is C20H33ClN4O2. The summed E-state index contributed by atoms with van der Waals surface area (Å²) in [6.45, 7) is 3.89. The third-order valence-corrected chi connectivity index (χ3v) is 4.90. The summed E-state index contributed by atoms with van der Waals surface area (Å²) in [5.41, 5.74) is 1.22. The number of rotatable bonds is 10. The lowest BCUT2D eigenvalue weighted by Gasteiger charge is -2.26. The third-order valence-electron chi connectivity index (χ3n) is 4.65. The third kappa shape index (κ3) is 8.05. The van der Waals surface area contributed by atoms with Gasteiger partial charge in [-0.05, 0) is 51.1 Å². The first kappa shape index (κ1) is 22.0. The number of benzene rings is 1. The Bertz CT molecular complexity index is 560. The van der Waals surface area contributed by atoms with Gasteiger partial charge >= 0.3 is 0 Å². The molecule has 0 amide bonds. The zero-order valence-electron chi connectivity index (χ0n) is 16.7. The predicted molar refractivity (Wildman–Crippen MR) is 112 cm³/mol. The highest BCUT2D eigenvalue weighted by molar-refractivity contribution is 6.30. The van der Waals surface area contributed by atoms with Crippen LogP contribution in [-0.2, 0) is 9.47 Å². The van der Waals surface area contributed by atoms with Crippen molar-refractivity contribution in [3.63, 3.8) is 0 Å². The van der Waals surface area contributed by atoms with E-state index in [2.05, 4.69) is 46.8 Å². The Kier molecular flexibility index (Phi) is 9.91. The molecule has 0 saturated carbocycles. The molecule has 0 radical (unpaired) electrons. The van der Waals surface area contributed by atoms with Gasteiger partial charge in [0.1, 0.15) is 0 Å². The van der Waals surface area contributed by atoms with Crippen LogP contribution in [0.2, 0.25) is 5.02 Å². The minimum absolute atomic E-state index is 0.232. The van der Waals surface area contributed by atoms with Gasteiger partial charge in [0.15, 0.2) is 5.96 Å². The molecule has 27 heavy (non-hydrogen) atoms. The van der Waals surface area contributed by atoms with Crippen LogP contribution >= 0.6 is 11.6 Å². The van der Waals surface area contributed by atoms with Gasteiger partial charge in [-0.15, -0.1) is 0 Å². The largest absolute Gasteiger partial charge is 0.379 e. The van der Waals surface area contributed by atoms with Gasteiger partial charge in [-0.1, -0.05) is 23.7 Å². The first-order valence-electron chi connectivity index (χ1n) is 9.66. The Labute approximate surface area is 168 Å². The highest BCUT2D eigenvalue weighted by Crippen LogP contribution is 2.19. The monoisotopic (exact) mass is 396 g/mol. The van der Waals surface area contributed by atoms with E-state index in [1.165, 1.54) is 5.56 Å². The molecule has 0 spiro atoms. The normalized spacial score (nSPS) is 18.7. The van der Waals surface area contributed by atoms with E-state index in [0.717, 1.165) is 56.5 Å². The average molecular weight is 397 g/mol. The minimum Gasteiger partial charge on any atom is -0.379 e. The number of guanidine groups is 1. The summed E-state index contributed by atoms with van der Waals surface area (Å²) >= 11 is 6.00. The maximum atomic E-state index is 6.00. The molecule has 2 rings (SSSR count). The van der Waals surface area contributed by atoms with Crippen LogP contribution in [0.4, 0.5) is 0 Å². The van der Waals surface area contributed by atoms with E-state index >= 15 is 0 Å². The lowest BCUT2D eigenvalue weighted by molar-refractivity contribution is 0.0168. The van der Waals surface area contributed by atoms with Crippen molar-refractivity contribution in [3.05, 3.63) is 34.9 Å². The van der Waals surface area contributed by atoms with Crippen molar-refractivity contribution >= 4 is 17.6 Å². The maximum Gasteiger partial charge on any atom is 0.191 e. The molecule has 0 bridgehead atoms. The minimum atomic E-state index is 0.232. The molecule has 1 aromatic carbocycles. The Morgan fingerprint density at radius 1 is 1.33 bits per heavy atom. The zero-order valence-corrected chi connectivity index (χ0v) is 17.5. The molecule has 1 aromatic rings. The molecule has 2 N–H and O–H groups in total. The van der Waals surface area contributed by atoms with E-state index in [-0.39, 0.29) is 6.04 Å². The summed E-state index contributed by atoms with van der Waals surface area (Å²) < 4.78 is 11.2. The van der Waals surface area contributed by atoms with Crippen LogP contribution in [0, 0.1) is 0 Å². The van der Waals surface area contributed by atoms with Crippen molar-refractivity contribution in [1.82, 2.24) is 15.5 Å². The van der Waals surface area contributed by atoms with Crippen LogP contribution in [0.15, 0.2) is 29.3 Å². The fourth-order valence-corrected chi connectivity index (χ4v) is 3.20. The van der Waals surface area contributed by atoms with E-state index in [4.69, 9.17) is 21.1 Å². The molecule has 1 fully saturated rings. The smallest absolute Gasteiger partial charge is 0.191 e. The standard InChI is InChI=1S/C20H33ClN4O2/c1-22-20(23-11-5-12-26-15-18-6-4-13-27-18)24-14-19(25(2)3)16-7-9-17(21)10-8-16/h7-10,18-19H,4-6,11-15H2,1-3H3,(H2,22,23,24). The quantitative estimate of drug-likeness (QED) is 0.362. The summed E-state index contributed by atoms with van der Waals surface area (Å²) in [7, 11) is 5.93. The Morgan fingerprint density at radius 3 is 2.74 bits per heavy atom. The second-order valence-electron chi connectivity index (χ2n) is 6.97. The molecule has 152 valence electrons. The van der Waals surface area contributed by atoms with E-state index in [1.807, 2.05) is 12.1 Å². The van der Waals surface area contributed by atoms with Gasteiger partial charge in [0.05, 0.1) is 18.8 Å². The number of nitrogens with zero attached hydrogens (tertiary/aromatic N) is 2. The van der Waals surface area contributed by atoms with Gasteiger partial charge in [0, 0.05) is 38.4 Å². The van der Waals surface area contributed by atoms with Crippen molar-refractivity contribution < 1.29 is 9.47 Å². The van der Waals surface area contributed by atoms with Crippen LogP contribution in [0.3, 0.4) is 0 Å². The number of halogens is 1. The number of nitrogens with one attached hydrogen (secondary N) is 2. The van der Waals surface area contributed by atoms with Crippen molar-refractivity contribution in [2.75, 3.05) is 54.1 Å². The first-order valence-corrected chi connectivity index (χ1v) is 10.0. The topological polar surface area (TPSA) is 58.1 Å². The SMILES string of the molecule is CN=C(NCCCOCC1CCCO1)NCC(c1ccc(Cl)cc1)N(C)C. The van der Waals surface area contributed by atoms with Gasteiger partial charge in [0.25, 0.3) is 0 Å². The van der Waals surface area contributed by atoms with Crippen molar-refractivity contribution in [2.45, 2.75) is 31.4 Å². The van der Waals surface area contributed by atoms with E-state index in [0.29, 0.717) is 12.7 Å². The molecule has 7 heteroatoms. The summed E-state index contributed by atoms with van der Waals surface area (Å²) in [5.74, 6) is 0.801. The lowest BCUT2D eigenvalue weighted by atomic mass is 10.1. The Hall–Kier alpha value is -1.34. The lowest BCUT2D eigenvalue weighted by Crippen LogP contribution is -2.42. The molecular weight excluding hydrogens is 364 g/mol. The van der Waals surface area contributed by atoms with E-state index in [1.54, 1.807) is 7.05 Å². The van der Waals surface area contributed by atoms with Crippen molar-refractivity contribution in [1.29, 1.82) is 0 Å². The fourth-order valence-electron chi connectivity index (χ4n) is 3.07. The summed E-state index contributed by atoms with van der Waals surface area (Å²) in [6.07, 6.45) is 3.50. The second-order valence-corrected chi connectivity index (χ2v) is 7.41. The number of ether oxygens (including phenoxy) is 2. The molecule has 6 nitrogen and oxygen atoms in total. The molecule has 1 saturated heterocycles. The molecule has 2 unspecified atom stereocenters. The molecule has 1 heterocycles. The van der Waals surface area contributed by atoms with Crippen LogP contribution < -0.4 is 10.6 Å². The van der Waals surface area contributed by atoms with Crippen LogP contribution in [-0.4, -0.2) is 71.0 Å². The van der Waals surface area contributed by atoms with E-state index in [9.17, 15) is 0 Å². The van der Waals surface area contributed by atoms with Crippen molar-refractivity contribution in [2.24, 2.45) is 4.99 Å². The highest BCUT2D eigenvalue weighted by atomic mass is 35.5. The number of likely N-dealkylation sites (N-methyl/N-ethyl adjacent to an activating group) is 1. The number of hydrogen-bond acceptors (Lipinski definition) is 4.